The van der Waals surface area contributed by atoms with Gasteiger partial charge in [0, 0.05) is 5.39 Å². The van der Waals surface area contributed by atoms with Crippen LogP contribution in [0.15, 0.2) is 59.5 Å². The first-order valence-electron chi connectivity index (χ1n) is 12.6. The van der Waals surface area contributed by atoms with E-state index in [-0.39, 0.29) is 22.2 Å². The van der Waals surface area contributed by atoms with E-state index in [9.17, 15) is 13.5 Å². The molecule has 6 rings (SSSR count). The highest BCUT2D eigenvalue weighted by Crippen LogP contribution is 2.62. The minimum atomic E-state index is -4.06. The molecule has 4 unspecified atom stereocenters. The molecule has 1 N–H and O–H groups in total. The second kappa shape index (κ2) is 8.24. The summed E-state index contributed by atoms with van der Waals surface area (Å²) in [4.78, 5) is 0.154. The lowest BCUT2D eigenvalue weighted by Gasteiger charge is -2.51. The van der Waals surface area contributed by atoms with Crippen molar-refractivity contribution in [1.82, 2.24) is 0 Å². The fourth-order valence-corrected chi connectivity index (χ4v) is 8.64. The Kier molecular flexibility index (Phi) is 5.38. The van der Waals surface area contributed by atoms with E-state index < -0.39 is 10.1 Å². The van der Waals surface area contributed by atoms with Gasteiger partial charge in [-0.05, 0) is 96.4 Å². The van der Waals surface area contributed by atoms with Gasteiger partial charge < -0.3 is 14.0 Å². The van der Waals surface area contributed by atoms with Crippen LogP contribution in [-0.2, 0) is 16.5 Å². The first kappa shape index (κ1) is 22.9. The number of hydrogen-bond donors (Lipinski definition) is 1. The van der Waals surface area contributed by atoms with Crippen LogP contribution in [0, 0.1) is 17.3 Å². The molecule has 0 bridgehead atoms. The largest absolute Gasteiger partial charge is 0.493 e. The Hall–Kier alpha value is -2.57. The van der Waals surface area contributed by atoms with Crippen LogP contribution in [0.4, 0.5) is 0 Å². The fraction of sp³-hybridized carbons (Fsp3) is 0.448. The number of benzene rings is 3. The molecule has 0 aromatic heterocycles. The molecule has 0 saturated heterocycles. The Morgan fingerprint density at radius 3 is 2.57 bits per heavy atom. The summed E-state index contributed by atoms with van der Waals surface area (Å²) in [6, 6.07) is 16.5. The Bertz CT molecular complexity index is 1390. The molecular formula is C29H32O5S. The van der Waals surface area contributed by atoms with Gasteiger partial charge in [-0.25, -0.2) is 0 Å². The van der Waals surface area contributed by atoms with E-state index in [2.05, 4.69) is 6.92 Å². The first-order valence-corrected chi connectivity index (χ1v) is 14.0. The topological polar surface area (TPSA) is 72.8 Å². The third-order valence-corrected chi connectivity index (χ3v) is 10.5. The van der Waals surface area contributed by atoms with Crippen molar-refractivity contribution in [2.45, 2.75) is 62.4 Å². The van der Waals surface area contributed by atoms with E-state index in [1.54, 1.807) is 25.3 Å². The second-order valence-electron chi connectivity index (χ2n) is 10.8. The molecule has 0 amide bonds. The van der Waals surface area contributed by atoms with Crippen LogP contribution >= 0.6 is 0 Å². The van der Waals surface area contributed by atoms with E-state index >= 15 is 0 Å². The van der Waals surface area contributed by atoms with Gasteiger partial charge in [-0.2, -0.15) is 8.42 Å². The zero-order valence-electron chi connectivity index (χ0n) is 20.2. The molecular weight excluding hydrogens is 460 g/mol. The first-order chi connectivity index (χ1) is 16.8. The zero-order chi connectivity index (χ0) is 24.4. The van der Waals surface area contributed by atoms with E-state index in [0.29, 0.717) is 28.9 Å². The molecule has 3 aromatic carbocycles. The molecule has 0 heterocycles. The minimum absolute atomic E-state index is 0.154. The SMILES string of the molecule is COc1cc2c(cc1OS(=O)(=O)c1cccc3ccccc13)CCC1C2CCC2C(O)CC[C@@]21C. The maximum atomic E-state index is 13.4. The van der Waals surface area contributed by atoms with Crippen molar-refractivity contribution in [3.8, 4) is 11.5 Å². The predicted molar refractivity (Wildman–Crippen MR) is 135 cm³/mol. The van der Waals surface area contributed by atoms with E-state index in [1.807, 2.05) is 36.4 Å². The maximum Gasteiger partial charge on any atom is 0.339 e. The molecule has 3 aliphatic rings. The van der Waals surface area contributed by atoms with Crippen LogP contribution < -0.4 is 8.92 Å². The summed E-state index contributed by atoms with van der Waals surface area (Å²) < 4.78 is 38.1. The Balaban J connectivity index is 1.36. The molecule has 184 valence electrons. The van der Waals surface area contributed by atoms with E-state index in [0.717, 1.165) is 49.5 Å². The summed E-state index contributed by atoms with van der Waals surface area (Å²) >= 11 is 0. The van der Waals surface area contributed by atoms with Crippen molar-refractivity contribution in [3.05, 3.63) is 65.7 Å². The van der Waals surface area contributed by atoms with Crippen LogP contribution in [-0.4, -0.2) is 26.7 Å². The highest BCUT2D eigenvalue weighted by atomic mass is 32.2. The molecule has 0 aliphatic heterocycles. The summed E-state index contributed by atoms with van der Waals surface area (Å²) in [7, 11) is -2.50. The number of aliphatic hydroxyl groups is 1. The number of ether oxygens (including phenoxy) is 1. The highest BCUT2D eigenvalue weighted by Gasteiger charge is 2.55. The van der Waals surface area contributed by atoms with Gasteiger partial charge in [-0.1, -0.05) is 43.3 Å². The zero-order valence-corrected chi connectivity index (χ0v) is 21.1. The summed E-state index contributed by atoms with van der Waals surface area (Å²) in [5.74, 6) is 2.02. The van der Waals surface area contributed by atoms with Crippen molar-refractivity contribution in [3.63, 3.8) is 0 Å². The maximum absolute atomic E-state index is 13.4. The number of aliphatic hydroxyl groups excluding tert-OH is 1. The van der Waals surface area contributed by atoms with Gasteiger partial charge in [0.15, 0.2) is 11.5 Å². The molecule has 5 atom stereocenters. The van der Waals surface area contributed by atoms with Gasteiger partial charge in [0.2, 0.25) is 0 Å². The Morgan fingerprint density at radius 1 is 0.943 bits per heavy atom. The van der Waals surface area contributed by atoms with Crippen molar-refractivity contribution in [1.29, 1.82) is 0 Å². The Morgan fingerprint density at radius 2 is 1.74 bits per heavy atom. The van der Waals surface area contributed by atoms with Gasteiger partial charge >= 0.3 is 10.1 Å². The molecule has 0 spiro atoms. The smallest absolute Gasteiger partial charge is 0.339 e. The van der Waals surface area contributed by atoms with E-state index in [1.165, 1.54) is 5.56 Å². The monoisotopic (exact) mass is 492 g/mol. The molecule has 5 nitrogen and oxygen atoms in total. The van der Waals surface area contributed by atoms with Crippen LogP contribution in [0.3, 0.4) is 0 Å². The standard InChI is InChI=1S/C29H32O5S/c1-29-15-14-25(30)24(29)13-11-21-22-17-26(33-2)27(16-19(22)10-12-23(21)29)34-35(31,32)28-9-5-7-18-6-3-4-8-20(18)28/h3-9,16-17,21,23-25,30H,10-15H2,1-2H3/t21?,23?,24?,25?,29-/m1/s1. The molecule has 3 aromatic rings. The van der Waals surface area contributed by atoms with Gasteiger partial charge in [0.25, 0.3) is 0 Å². The average molecular weight is 493 g/mol. The van der Waals surface area contributed by atoms with Gasteiger partial charge in [0.05, 0.1) is 13.2 Å². The third-order valence-electron chi connectivity index (χ3n) is 9.18. The van der Waals surface area contributed by atoms with Crippen LogP contribution in [0.2, 0.25) is 0 Å². The molecule has 2 saturated carbocycles. The van der Waals surface area contributed by atoms with Crippen molar-refractivity contribution in [2.24, 2.45) is 17.3 Å². The van der Waals surface area contributed by atoms with Gasteiger partial charge in [-0.3, -0.25) is 0 Å². The average Bonchev–Trinajstić information content (AvgIpc) is 3.17. The number of methoxy groups -OCH3 is 1. The van der Waals surface area contributed by atoms with Gasteiger partial charge in [-0.15, -0.1) is 0 Å². The number of hydrogen-bond acceptors (Lipinski definition) is 5. The Labute approximate surface area is 207 Å². The molecule has 0 radical (unpaired) electrons. The minimum Gasteiger partial charge on any atom is -0.493 e. The lowest BCUT2D eigenvalue weighted by molar-refractivity contribution is -0.00727. The van der Waals surface area contributed by atoms with Crippen LogP contribution in [0.25, 0.3) is 10.8 Å². The van der Waals surface area contributed by atoms with E-state index in [4.69, 9.17) is 8.92 Å². The lowest BCUT2D eigenvalue weighted by atomic mass is 9.53. The highest BCUT2D eigenvalue weighted by molar-refractivity contribution is 7.87. The number of rotatable bonds is 4. The summed E-state index contributed by atoms with van der Waals surface area (Å²) in [5.41, 5.74) is 2.57. The van der Waals surface area contributed by atoms with Crippen LogP contribution in [0.1, 0.15) is 56.1 Å². The van der Waals surface area contributed by atoms with Crippen molar-refractivity contribution in [2.75, 3.05) is 7.11 Å². The quantitative estimate of drug-likeness (QED) is 0.464. The summed E-state index contributed by atoms with van der Waals surface area (Å²) in [6.07, 6.45) is 5.83. The summed E-state index contributed by atoms with van der Waals surface area (Å²) in [5, 5.41) is 12.1. The second-order valence-corrected chi connectivity index (χ2v) is 12.3. The normalized spacial score (nSPS) is 29.8. The van der Waals surface area contributed by atoms with Crippen molar-refractivity contribution < 1.29 is 22.4 Å². The number of aryl methyl sites for hydroxylation is 1. The molecule has 6 heteroatoms. The number of fused-ring (bicyclic) bond motifs is 6. The van der Waals surface area contributed by atoms with Crippen LogP contribution in [0.5, 0.6) is 11.5 Å². The summed E-state index contributed by atoms with van der Waals surface area (Å²) in [6.45, 7) is 2.38. The third kappa shape index (κ3) is 3.56. The molecule has 35 heavy (non-hydrogen) atoms. The fourth-order valence-electron chi connectivity index (χ4n) is 7.48. The molecule has 3 aliphatic carbocycles. The van der Waals surface area contributed by atoms with Crippen molar-refractivity contribution >= 4 is 20.9 Å². The van der Waals surface area contributed by atoms with Gasteiger partial charge in [0.1, 0.15) is 4.90 Å². The molecule has 2 fully saturated rings. The predicted octanol–water partition coefficient (Wildman–Crippen LogP) is 5.83. The lowest BCUT2D eigenvalue weighted by Crippen LogP contribution is -2.44.